The summed E-state index contributed by atoms with van der Waals surface area (Å²) in [4.78, 5) is 21.9. The molecule has 0 spiro atoms. The van der Waals surface area contributed by atoms with Crippen LogP contribution in [0, 0.1) is 18.7 Å². The van der Waals surface area contributed by atoms with Crippen LogP contribution in [0.2, 0.25) is 5.02 Å². The van der Waals surface area contributed by atoms with Crippen LogP contribution in [0.1, 0.15) is 54.1 Å². The van der Waals surface area contributed by atoms with Gasteiger partial charge in [0.2, 0.25) is 5.95 Å². The molecule has 35 heavy (non-hydrogen) atoms. The summed E-state index contributed by atoms with van der Waals surface area (Å²) in [5, 5.41) is 3.24. The second kappa shape index (κ2) is 10.5. The summed E-state index contributed by atoms with van der Waals surface area (Å²) < 4.78 is 29.6. The molecule has 2 aromatic heterocycles. The number of nitrogens with zero attached hydrogens (tertiary/aromatic N) is 4. The maximum Gasteiger partial charge on any atom is 0.251 e. The van der Waals surface area contributed by atoms with E-state index in [1.165, 1.54) is 12.4 Å². The molecule has 0 atom stereocenters. The van der Waals surface area contributed by atoms with Gasteiger partial charge in [0.25, 0.3) is 5.91 Å². The van der Waals surface area contributed by atoms with Gasteiger partial charge in [-0.3, -0.25) is 9.20 Å². The third kappa shape index (κ3) is 5.14. The quantitative estimate of drug-likeness (QED) is 0.450. The van der Waals surface area contributed by atoms with E-state index in [-0.39, 0.29) is 23.7 Å². The molecule has 1 amide bonds. The number of imidazole rings is 1. The lowest BCUT2D eigenvalue weighted by atomic mass is 9.89. The molecule has 0 aliphatic heterocycles. The lowest BCUT2D eigenvalue weighted by molar-refractivity contribution is 0.0950. The fourth-order valence-electron chi connectivity index (χ4n) is 5.20. The average Bonchev–Trinajstić information content (AvgIpc) is 3.32. The number of carbonyl (C=O) groups excluding carboxylic acids is 1. The van der Waals surface area contributed by atoms with Crippen molar-refractivity contribution in [2.45, 2.75) is 58.2 Å². The van der Waals surface area contributed by atoms with Crippen LogP contribution < -0.4 is 10.2 Å². The highest BCUT2D eigenvalue weighted by Crippen LogP contribution is 2.34. The van der Waals surface area contributed by atoms with E-state index < -0.39 is 11.8 Å². The highest BCUT2D eigenvalue weighted by atomic mass is 35.5. The van der Waals surface area contributed by atoms with Gasteiger partial charge in [-0.2, -0.15) is 4.39 Å². The van der Waals surface area contributed by atoms with E-state index in [9.17, 15) is 13.6 Å². The summed E-state index contributed by atoms with van der Waals surface area (Å²) in [6.07, 6.45) is 7.22. The first kappa shape index (κ1) is 25.4. The predicted molar refractivity (Wildman–Crippen MR) is 135 cm³/mol. The molecule has 0 radical (unpaired) electrons. The first-order valence-electron chi connectivity index (χ1n) is 12.0. The van der Waals surface area contributed by atoms with Crippen LogP contribution in [-0.4, -0.2) is 52.9 Å². The number of amides is 1. The Bertz CT molecular complexity index is 1220. The van der Waals surface area contributed by atoms with Gasteiger partial charge in [-0.1, -0.05) is 11.6 Å². The van der Waals surface area contributed by atoms with Crippen molar-refractivity contribution in [2.75, 3.05) is 25.5 Å². The molecule has 1 fully saturated rings. The monoisotopic (exact) mass is 503 g/mol. The molecule has 1 aromatic carbocycles. The van der Waals surface area contributed by atoms with Crippen LogP contribution in [0.15, 0.2) is 30.6 Å². The second-order valence-corrected chi connectivity index (χ2v) is 9.84. The van der Waals surface area contributed by atoms with Crippen LogP contribution in [0.25, 0.3) is 5.65 Å². The molecule has 0 unspecified atom stereocenters. The molecule has 1 aliphatic carbocycles. The van der Waals surface area contributed by atoms with E-state index in [1.54, 1.807) is 6.07 Å². The van der Waals surface area contributed by atoms with Crippen molar-refractivity contribution in [3.05, 3.63) is 64.1 Å². The summed E-state index contributed by atoms with van der Waals surface area (Å²) in [7, 11) is 4.26. The van der Waals surface area contributed by atoms with Gasteiger partial charge < -0.3 is 15.1 Å². The van der Waals surface area contributed by atoms with Crippen molar-refractivity contribution in [1.82, 2.24) is 19.6 Å². The Morgan fingerprint density at radius 2 is 1.86 bits per heavy atom. The van der Waals surface area contributed by atoms with E-state index in [0.29, 0.717) is 22.7 Å². The highest BCUT2D eigenvalue weighted by Gasteiger charge is 2.28. The molecule has 9 heteroatoms. The first-order valence-corrected chi connectivity index (χ1v) is 12.4. The van der Waals surface area contributed by atoms with E-state index >= 15 is 0 Å². The van der Waals surface area contributed by atoms with Gasteiger partial charge in [-0.25, -0.2) is 9.37 Å². The van der Waals surface area contributed by atoms with Crippen molar-refractivity contribution in [3.8, 4) is 0 Å². The number of benzene rings is 1. The summed E-state index contributed by atoms with van der Waals surface area (Å²) in [6, 6.07) is 5.33. The molecule has 1 aliphatic rings. The maximum atomic E-state index is 14.5. The molecule has 6 nitrogen and oxygen atoms in total. The molecule has 4 rings (SSSR count). The van der Waals surface area contributed by atoms with Crippen molar-refractivity contribution in [2.24, 2.45) is 0 Å². The summed E-state index contributed by atoms with van der Waals surface area (Å²) in [6.45, 7) is 4.71. The number of hydrogen-bond acceptors (Lipinski definition) is 4. The Kier molecular flexibility index (Phi) is 7.62. The molecular formula is C26H32ClF2N5O. The largest absolute Gasteiger partial charge is 0.369 e. The van der Waals surface area contributed by atoms with Gasteiger partial charge in [0, 0.05) is 59.9 Å². The van der Waals surface area contributed by atoms with Crippen molar-refractivity contribution in [3.63, 3.8) is 0 Å². The highest BCUT2D eigenvalue weighted by molar-refractivity contribution is 6.31. The topological polar surface area (TPSA) is 52.9 Å². The van der Waals surface area contributed by atoms with Gasteiger partial charge in [0.05, 0.1) is 5.56 Å². The number of carbonyl (C=O) groups is 1. The van der Waals surface area contributed by atoms with Gasteiger partial charge in [-0.05, 0) is 71.3 Å². The summed E-state index contributed by atoms with van der Waals surface area (Å²) in [5.74, 6) is -1.87. The van der Waals surface area contributed by atoms with Crippen LogP contribution in [-0.2, 0) is 6.54 Å². The standard InChI is InChI=1S/C26H32ClF2N5O/c1-5-33(19-8-6-18(7-9-19)32(3)4)23-13-17(27)12-20(16(23)2)26(35)31-15-21-22(28)14-24(29)34-11-10-30-25(21)34/h10-14,18-19H,5-9,15H2,1-4H3,(H,31,35). The molecule has 3 aromatic rings. The zero-order valence-electron chi connectivity index (χ0n) is 20.6. The Balaban J connectivity index is 1.56. The van der Waals surface area contributed by atoms with Gasteiger partial charge in [0.1, 0.15) is 11.5 Å². The fraction of sp³-hybridized carbons (Fsp3) is 0.462. The molecule has 0 bridgehead atoms. The lowest BCUT2D eigenvalue weighted by Crippen LogP contribution is -2.42. The first-order chi connectivity index (χ1) is 16.7. The molecular weight excluding hydrogens is 472 g/mol. The lowest BCUT2D eigenvalue weighted by Gasteiger charge is -2.40. The Hall–Kier alpha value is -2.71. The predicted octanol–water partition coefficient (Wildman–Crippen LogP) is 5.20. The third-order valence-corrected chi connectivity index (χ3v) is 7.40. The number of hydrogen-bond donors (Lipinski definition) is 1. The molecule has 2 heterocycles. The van der Waals surface area contributed by atoms with E-state index in [2.05, 4.69) is 41.1 Å². The van der Waals surface area contributed by atoms with Crippen molar-refractivity contribution < 1.29 is 13.6 Å². The van der Waals surface area contributed by atoms with Crippen LogP contribution in [0.4, 0.5) is 14.5 Å². The SMILES string of the molecule is CCN(c1cc(Cl)cc(C(=O)NCc2c(F)cc(F)n3ccnc23)c1C)C1CCC(N(C)C)CC1. The minimum atomic E-state index is -0.754. The number of aromatic nitrogens is 2. The van der Waals surface area contributed by atoms with Crippen molar-refractivity contribution >= 4 is 28.8 Å². The fourth-order valence-corrected chi connectivity index (χ4v) is 5.42. The van der Waals surface area contributed by atoms with Crippen LogP contribution in [0.3, 0.4) is 0 Å². The number of anilines is 1. The number of pyridine rings is 1. The maximum absolute atomic E-state index is 14.5. The van der Waals surface area contributed by atoms with E-state index in [4.69, 9.17) is 11.6 Å². The average molecular weight is 504 g/mol. The number of nitrogens with one attached hydrogen (secondary N) is 1. The zero-order chi connectivity index (χ0) is 25.3. The van der Waals surface area contributed by atoms with E-state index in [1.807, 2.05) is 13.0 Å². The summed E-state index contributed by atoms with van der Waals surface area (Å²) in [5.41, 5.74) is 2.47. The number of rotatable bonds is 7. The Morgan fingerprint density at radius 1 is 1.17 bits per heavy atom. The summed E-state index contributed by atoms with van der Waals surface area (Å²) >= 11 is 6.47. The Labute approximate surface area is 209 Å². The van der Waals surface area contributed by atoms with Gasteiger partial charge in [0.15, 0.2) is 0 Å². The van der Waals surface area contributed by atoms with Gasteiger partial charge in [-0.15, -0.1) is 0 Å². The zero-order valence-corrected chi connectivity index (χ0v) is 21.4. The molecule has 1 N–H and O–H groups in total. The molecule has 188 valence electrons. The van der Waals surface area contributed by atoms with Gasteiger partial charge >= 0.3 is 0 Å². The smallest absolute Gasteiger partial charge is 0.251 e. The number of fused-ring (bicyclic) bond motifs is 1. The third-order valence-electron chi connectivity index (χ3n) is 7.18. The number of halogens is 3. The minimum absolute atomic E-state index is 0.123. The van der Waals surface area contributed by atoms with Crippen LogP contribution >= 0.6 is 11.6 Å². The molecule has 1 saturated carbocycles. The minimum Gasteiger partial charge on any atom is -0.369 e. The molecule has 0 saturated heterocycles. The normalized spacial score (nSPS) is 18.3. The van der Waals surface area contributed by atoms with Crippen molar-refractivity contribution in [1.29, 1.82) is 0 Å². The van der Waals surface area contributed by atoms with E-state index in [0.717, 1.165) is 53.9 Å². The second-order valence-electron chi connectivity index (χ2n) is 9.41. The van der Waals surface area contributed by atoms with Crippen LogP contribution in [0.5, 0.6) is 0 Å². The Morgan fingerprint density at radius 3 is 2.51 bits per heavy atom.